The molecule has 0 aliphatic heterocycles. The van der Waals surface area contributed by atoms with Gasteiger partial charge in [0.25, 0.3) is 0 Å². The zero-order chi connectivity index (χ0) is 22.5. The third kappa shape index (κ3) is 5.76. The van der Waals surface area contributed by atoms with Crippen molar-refractivity contribution in [3.63, 3.8) is 0 Å². The molecular formula is C23H15Cl2NO5S. The SMILES string of the molecule is O=C(COc1ccc(OCc2cc(Cl)cc(Cl)c2)cc1)OC(=O)c1ccc2ncsc2c1. The van der Waals surface area contributed by atoms with Crippen molar-refractivity contribution in [2.75, 3.05) is 6.61 Å². The van der Waals surface area contributed by atoms with E-state index in [9.17, 15) is 9.59 Å². The van der Waals surface area contributed by atoms with Gasteiger partial charge >= 0.3 is 11.9 Å². The Morgan fingerprint density at radius 1 is 0.875 bits per heavy atom. The van der Waals surface area contributed by atoms with Crippen LogP contribution < -0.4 is 9.47 Å². The van der Waals surface area contributed by atoms with E-state index in [4.69, 9.17) is 37.4 Å². The monoisotopic (exact) mass is 487 g/mol. The first-order valence-electron chi connectivity index (χ1n) is 9.35. The van der Waals surface area contributed by atoms with Crippen LogP contribution in [0.15, 0.2) is 66.2 Å². The van der Waals surface area contributed by atoms with Gasteiger partial charge in [-0.25, -0.2) is 14.6 Å². The van der Waals surface area contributed by atoms with Crippen molar-refractivity contribution in [3.8, 4) is 11.5 Å². The number of hydrogen-bond donors (Lipinski definition) is 0. The van der Waals surface area contributed by atoms with Gasteiger partial charge in [-0.05, 0) is 66.2 Å². The molecule has 0 spiro atoms. The molecule has 0 saturated heterocycles. The normalized spacial score (nSPS) is 10.7. The summed E-state index contributed by atoms with van der Waals surface area (Å²) < 4.78 is 16.8. The molecule has 0 fully saturated rings. The number of carbonyl (C=O) groups excluding carboxylic acids is 2. The topological polar surface area (TPSA) is 74.7 Å². The predicted octanol–water partition coefficient (Wildman–Crippen LogP) is 5.94. The second kappa shape index (κ2) is 9.99. The average molecular weight is 488 g/mol. The van der Waals surface area contributed by atoms with E-state index >= 15 is 0 Å². The summed E-state index contributed by atoms with van der Waals surface area (Å²) in [5, 5.41) is 1.07. The number of ether oxygens (including phenoxy) is 3. The minimum absolute atomic E-state index is 0.276. The molecular weight excluding hydrogens is 473 g/mol. The fourth-order valence-electron chi connectivity index (χ4n) is 2.81. The van der Waals surface area contributed by atoms with Gasteiger partial charge in [0.1, 0.15) is 18.1 Å². The summed E-state index contributed by atoms with van der Waals surface area (Å²) >= 11 is 13.4. The second-order valence-electron chi connectivity index (χ2n) is 6.62. The van der Waals surface area contributed by atoms with E-state index in [1.807, 2.05) is 0 Å². The van der Waals surface area contributed by atoms with Crippen molar-refractivity contribution < 1.29 is 23.8 Å². The molecule has 0 aliphatic rings. The third-order valence-electron chi connectivity index (χ3n) is 4.28. The molecule has 1 aromatic heterocycles. The van der Waals surface area contributed by atoms with E-state index in [0.29, 0.717) is 28.2 Å². The highest BCUT2D eigenvalue weighted by molar-refractivity contribution is 7.16. The van der Waals surface area contributed by atoms with Crippen LogP contribution in [0, 0.1) is 0 Å². The molecule has 0 amide bonds. The minimum atomic E-state index is -0.794. The standard InChI is InChI=1S/C23H15Cl2NO5S/c24-16-7-14(8-17(25)10-16)11-29-18-2-4-19(5-3-18)30-12-22(27)31-23(28)15-1-6-20-21(9-15)32-13-26-20/h1-10,13H,11-12H2. The molecule has 32 heavy (non-hydrogen) atoms. The van der Waals surface area contributed by atoms with E-state index in [-0.39, 0.29) is 5.56 Å². The first-order valence-corrected chi connectivity index (χ1v) is 11.0. The molecule has 0 bridgehead atoms. The lowest BCUT2D eigenvalue weighted by Gasteiger charge is -2.09. The summed E-state index contributed by atoms with van der Waals surface area (Å²) in [6, 6.07) is 16.8. The number of hydrogen-bond acceptors (Lipinski definition) is 7. The number of nitrogens with zero attached hydrogens (tertiary/aromatic N) is 1. The Morgan fingerprint density at radius 3 is 2.28 bits per heavy atom. The number of thiazole rings is 1. The van der Waals surface area contributed by atoms with E-state index < -0.39 is 18.5 Å². The van der Waals surface area contributed by atoms with Crippen LogP contribution in [-0.2, 0) is 16.1 Å². The Morgan fingerprint density at radius 2 is 1.56 bits per heavy atom. The van der Waals surface area contributed by atoms with E-state index in [2.05, 4.69) is 4.98 Å². The van der Waals surface area contributed by atoms with Gasteiger partial charge in [-0.1, -0.05) is 23.2 Å². The van der Waals surface area contributed by atoms with Crippen LogP contribution >= 0.6 is 34.5 Å². The lowest BCUT2D eigenvalue weighted by Crippen LogP contribution is -2.19. The first-order chi connectivity index (χ1) is 15.5. The van der Waals surface area contributed by atoms with Gasteiger partial charge in [-0.2, -0.15) is 0 Å². The van der Waals surface area contributed by atoms with E-state index in [1.54, 1.807) is 66.2 Å². The van der Waals surface area contributed by atoms with Crippen LogP contribution in [0.4, 0.5) is 0 Å². The molecule has 9 heteroatoms. The molecule has 6 nitrogen and oxygen atoms in total. The van der Waals surface area contributed by atoms with Crippen molar-refractivity contribution in [2.24, 2.45) is 0 Å². The van der Waals surface area contributed by atoms with E-state index in [1.165, 1.54) is 11.3 Å². The number of benzene rings is 3. The van der Waals surface area contributed by atoms with Gasteiger partial charge in [0.05, 0.1) is 21.3 Å². The molecule has 0 saturated carbocycles. The molecule has 0 aliphatic carbocycles. The summed E-state index contributed by atoms with van der Waals surface area (Å²) in [6.07, 6.45) is 0. The van der Waals surface area contributed by atoms with Crippen LogP contribution in [0.5, 0.6) is 11.5 Å². The predicted molar refractivity (Wildman–Crippen MR) is 123 cm³/mol. The number of carbonyl (C=O) groups is 2. The number of esters is 2. The van der Waals surface area contributed by atoms with Crippen LogP contribution in [-0.4, -0.2) is 23.5 Å². The lowest BCUT2D eigenvalue weighted by atomic mass is 10.2. The first kappa shape index (κ1) is 22.1. The van der Waals surface area contributed by atoms with Crippen LogP contribution in [0.25, 0.3) is 10.2 Å². The maximum absolute atomic E-state index is 12.2. The van der Waals surface area contributed by atoms with Gasteiger partial charge in [-0.3, -0.25) is 0 Å². The highest BCUT2D eigenvalue weighted by Crippen LogP contribution is 2.23. The number of fused-ring (bicyclic) bond motifs is 1. The summed E-state index contributed by atoms with van der Waals surface area (Å²) in [4.78, 5) is 28.3. The van der Waals surface area contributed by atoms with Gasteiger partial charge in [-0.15, -0.1) is 11.3 Å². The summed E-state index contributed by atoms with van der Waals surface area (Å²) in [5.41, 5.74) is 3.58. The smallest absolute Gasteiger partial charge is 0.352 e. The van der Waals surface area contributed by atoms with Gasteiger partial charge in [0, 0.05) is 10.0 Å². The zero-order valence-corrected chi connectivity index (χ0v) is 18.7. The van der Waals surface area contributed by atoms with Crippen LogP contribution in [0.3, 0.4) is 0 Å². The van der Waals surface area contributed by atoms with Gasteiger partial charge < -0.3 is 14.2 Å². The highest BCUT2D eigenvalue weighted by atomic mass is 35.5. The maximum atomic E-state index is 12.2. The number of aromatic nitrogens is 1. The largest absolute Gasteiger partial charge is 0.489 e. The molecule has 4 aromatic rings. The molecule has 162 valence electrons. The Hall–Kier alpha value is -3.13. The molecule has 3 aromatic carbocycles. The van der Waals surface area contributed by atoms with Crippen molar-refractivity contribution in [2.45, 2.75) is 6.61 Å². The summed E-state index contributed by atoms with van der Waals surface area (Å²) in [7, 11) is 0. The Balaban J connectivity index is 1.26. The van der Waals surface area contributed by atoms with Gasteiger partial charge in [0.15, 0.2) is 6.61 Å². The van der Waals surface area contributed by atoms with Crippen LogP contribution in [0.2, 0.25) is 10.0 Å². The van der Waals surface area contributed by atoms with Crippen molar-refractivity contribution in [3.05, 3.63) is 87.3 Å². The van der Waals surface area contributed by atoms with Crippen molar-refractivity contribution in [1.29, 1.82) is 0 Å². The van der Waals surface area contributed by atoms with E-state index in [0.717, 1.165) is 15.8 Å². The molecule has 0 N–H and O–H groups in total. The Labute approximate surface area is 197 Å². The average Bonchev–Trinajstić information content (AvgIpc) is 3.24. The number of rotatable bonds is 7. The van der Waals surface area contributed by atoms with Gasteiger partial charge in [0.2, 0.25) is 0 Å². The minimum Gasteiger partial charge on any atom is -0.489 e. The van der Waals surface area contributed by atoms with Crippen LogP contribution in [0.1, 0.15) is 15.9 Å². The third-order valence-corrected chi connectivity index (χ3v) is 5.51. The fourth-order valence-corrected chi connectivity index (χ4v) is 4.10. The molecule has 0 unspecified atom stereocenters. The highest BCUT2D eigenvalue weighted by Gasteiger charge is 2.15. The molecule has 1 heterocycles. The van der Waals surface area contributed by atoms with Crippen molar-refractivity contribution in [1.82, 2.24) is 4.98 Å². The molecule has 0 radical (unpaired) electrons. The quantitative estimate of drug-likeness (QED) is 0.237. The lowest BCUT2D eigenvalue weighted by molar-refractivity contribution is -0.140. The molecule has 0 atom stereocenters. The molecule has 4 rings (SSSR count). The zero-order valence-electron chi connectivity index (χ0n) is 16.4. The second-order valence-corrected chi connectivity index (χ2v) is 8.38. The maximum Gasteiger partial charge on any atom is 0.352 e. The Kier molecular flexibility index (Phi) is 6.90. The number of halogens is 2. The van der Waals surface area contributed by atoms with Crippen molar-refractivity contribution >= 4 is 56.7 Å². The summed E-state index contributed by atoms with van der Waals surface area (Å²) in [6.45, 7) is -0.113. The summed E-state index contributed by atoms with van der Waals surface area (Å²) in [5.74, 6) is -0.500. The fraction of sp³-hybridized carbons (Fsp3) is 0.0870. The Bertz CT molecular complexity index is 1250.